The first kappa shape index (κ1) is 16.7. The molecule has 1 N–H and O–H groups in total. The first-order valence-electron chi connectivity index (χ1n) is 7.39. The van der Waals surface area contributed by atoms with Crippen molar-refractivity contribution < 1.29 is 4.79 Å². The molecule has 0 atom stereocenters. The normalized spacial score (nSPS) is 18.2. The molecule has 1 heterocycles. The summed E-state index contributed by atoms with van der Waals surface area (Å²) in [7, 11) is 0. The van der Waals surface area contributed by atoms with E-state index in [1.165, 1.54) is 11.8 Å². The molecule has 1 amide bonds. The van der Waals surface area contributed by atoms with Crippen LogP contribution in [0.3, 0.4) is 0 Å². The van der Waals surface area contributed by atoms with E-state index in [0.717, 1.165) is 21.3 Å². The molecule has 120 valence electrons. The number of carbonyl (C=O) groups is 1. The van der Waals surface area contributed by atoms with Crippen LogP contribution >= 0.6 is 27.7 Å². The molecule has 0 unspecified atom stereocenters. The van der Waals surface area contributed by atoms with Gasteiger partial charge in [0.1, 0.15) is 0 Å². The number of nitrogens with one attached hydrogen (secondary N) is 1. The number of amides is 1. The van der Waals surface area contributed by atoms with E-state index >= 15 is 0 Å². The number of hydrogen-bond donors (Lipinski definition) is 1. The monoisotopic (exact) mass is 398 g/mol. The van der Waals surface area contributed by atoms with Gasteiger partial charge in [0.25, 0.3) is 5.91 Å². The van der Waals surface area contributed by atoms with Crippen LogP contribution in [0.4, 0.5) is 5.69 Å². The Morgan fingerprint density at radius 2 is 1.96 bits per heavy atom. The molecule has 0 spiro atoms. The molecular weight excluding hydrogens is 384 g/mol. The summed E-state index contributed by atoms with van der Waals surface area (Å²) in [6.45, 7) is 1.98. The van der Waals surface area contributed by atoms with Crippen molar-refractivity contribution in [3.63, 3.8) is 0 Å². The number of rotatable bonds is 3. The molecule has 2 aromatic rings. The van der Waals surface area contributed by atoms with E-state index in [1.54, 1.807) is 0 Å². The number of aliphatic imine (C=N–C) groups is 1. The van der Waals surface area contributed by atoms with Crippen LogP contribution in [0.1, 0.15) is 12.5 Å². The summed E-state index contributed by atoms with van der Waals surface area (Å²) in [6, 6.07) is 17.7. The van der Waals surface area contributed by atoms with Crippen LogP contribution in [0.5, 0.6) is 0 Å². The van der Waals surface area contributed by atoms with Gasteiger partial charge in [0, 0.05) is 4.47 Å². The lowest BCUT2D eigenvalue weighted by Gasteiger charge is -1.97. The molecule has 2 aromatic carbocycles. The summed E-state index contributed by atoms with van der Waals surface area (Å²) < 4.78 is 0.955. The first-order valence-corrected chi connectivity index (χ1v) is 8.99. The lowest BCUT2D eigenvalue weighted by atomic mass is 10.1. The molecule has 1 saturated heterocycles. The fourth-order valence-electron chi connectivity index (χ4n) is 2.20. The Labute approximate surface area is 153 Å². The van der Waals surface area contributed by atoms with Crippen molar-refractivity contribution in [3.05, 3.63) is 81.2 Å². The van der Waals surface area contributed by atoms with Gasteiger partial charge >= 0.3 is 0 Å². The third kappa shape index (κ3) is 4.46. The molecule has 24 heavy (non-hydrogen) atoms. The molecule has 0 aromatic heterocycles. The molecule has 0 radical (unpaired) electrons. The average molecular weight is 399 g/mol. The molecule has 1 aliphatic heterocycles. The van der Waals surface area contributed by atoms with Gasteiger partial charge in [0.15, 0.2) is 5.17 Å². The fourth-order valence-corrected chi connectivity index (χ4v) is 3.48. The quantitative estimate of drug-likeness (QED) is 0.713. The number of amidine groups is 1. The predicted octanol–water partition coefficient (Wildman–Crippen LogP) is 5.29. The van der Waals surface area contributed by atoms with E-state index in [9.17, 15) is 4.79 Å². The summed E-state index contributed by atoms with van der Waals surface area (Å²) in [5.74, 6) is -0.116. The maximum atomic E-state index is 12.1. The summed E-state index contributed by atoms with van der Waals surface area (Å²) in [5, 5.41) is 3.40. The second kappa shape index (κ2) is 7.64. The number of hydrogen-bond acceptors (Lipinski definition) is 3. The van der Waals surface area contributed by atoms with E-state index in [-0.39, 0.29) is 5.91 Å². The van der Waals surface area contributed by atoms with E-state index in [0.29, 0.717) is 10.1 Å². The van der Waals surface area contributed by atoms with Gasteiger partial charge in [-0.2, -0.15) is 0 Å². The van der Waals surface area contributed by atoms with E-state index in [4.69, 9.17) is 0 Å². The molecule has 5 heteroatoms. The Morgan fingerprint density at radius 3 is 2.71 bits per heavy atom. The minimum absolute atomic E-state index is 0.116. The summed E-state index contributed by atoms with van der Waals surface area (Å²) in [5.41, 5.74) is 2.92. The van der Waals surface area contributed by atoms with Gasteiger partial charge in [-0.05, 0) is 54.1 Å². The van der Waals surface area contributed by atoms with Crippen molar-refractivity contribution in [1.82, 2.24) is 5.32 Å². The second-order valence-electron chi connectivity index (χ2n) is 5.26. The van der Waals surface area contributed by atoms with Crippen molar-refractivity contribution in [3.8, 4) is 0 Å². The fraction of sp³-hybridized carbons (Fsp3) is 0.0526. The molecule has 0 bridgehead atoms. The Kier molecular flexibility index (Phi) is 5.33. The average Bonchev–Trinajstić information content (AvgIpc) is 2.87. The lowest BCUT2D eigenvalue weighted by Crippen LogP contribution is -2.19. The van der Waals surface area contributed by atoms with Crippen LogP contribution < -0.4 is 5.32 Å². The number of thioether (sulfide) groups is 1. The van der Waals surface area contributed by atoms with Crippen molar-refractivity contribution in [2.75, 3.05) is 0 Å². The molecule has 1 fully saturated rings. The van der Waals surface area contributed by atoms with Crippen molar-refractivity contribution >= 4 is 50.5 Å². The predicted molar refractivity (Wildman–Crippen MR) is 105 cm³/mol. The highest BCUT2D eigenvalue weighted by Crippen LogP contribution is 2.28. The van der Waals surface area contributed by atoms with Crippen molar-refractivity contribution in [2.24, 2.45) is 4.99 Å². The van der Waals surface area contributed by atoms with Gasteiger partial charge in [-0.15, -0.1) is 0 Å². The summed E-state index contributed by atoms with van der Waals surface area (Å²) >= 11 is 4.77. The highest BCUT2D eigenvalue weighted by atomic mass is 79.9. The van der Waals surface area contributed by atoms with Gasteiger partial charge in [-0.3, -0.25) is 4.79 Å². The zero-order chi connectivity index (χ0) is 16.9. The minimum atomic E-state index is -0.116. The number of nitrogens with zero attached hydrogens (tertiary/aromatic N) is 1. The standard InChI is InChI=1S/C19H15BrN2OS/c1-13(10-14-6-3-2-4-7-14)11-17-18(23)22-19(24-17)21-16-9-5-8-15(20)12-16/h2-12H,1H3,(H,21,22,23). The maximum absolute atomic E-state index is 12.1. The number of allylic oxidation sites excluding steroid dienone is 2. The van der Waals surface area contributed by atoms with E-state index < -0.39 is 0 Å². The summed E-state index contributed by atoms with van der Waals surface area (Å²) in [4.78, 5) is 17.2. The molecular formula is C19H15BrN2OS. The number of halogens is 1. The second-order valence-corrected chi connectivity index (χ2v) is 7.21. The van der Waals surface area contributed by atoms with Crippen LogP contribution in [0.25, 0.3) is 6.08 Å². The molecule has 0 aliphatic carbocycles. The van der Waals surface area contributed by atoms with Gasteiger partial charge < -0.3 is 5.32 Å². The van der Waals surface area contributed by atoms with E-state index in [1.807, 2.05) is 73.7 Å². The molecule has 3 nitrogen and oxygen atoms in total. The smallest absolute Gasteiger partial charge is 0.264 e. The van der Waals surface area contributed by atoms with E-state index in [2.05, 4.69) is 26.2 Å². The third-order valence-corrected chi connectivity index (χ3v) is 4.65. The van der Waals surface area contributed by atoms with Crippen LogP contribution in [-0.4, -0.2) is 11.1 Å². The SMILES string of the molecule is CC(=Cc1ccccc1)C=C1SC(=Nc2cccc(Br)c2)NC1=O. The Morgan fingerprint density at radius 1 is 1.17 bits per heavy atom. The first-order chi connectivity index (χ1) is 11.6. The van der Waals surface area contributed by atoms with Crippen molar-refractivity contribution in [1.29, 1.82) is 0 Å². The minimum Gasteiger partial charge on any atom is -0.300 e. The Balaban J connectivity index is 1.78. The Bertz CT molecular complexity index is 857. The molecule has 3 rings (SSSR count). The Hall–Kier alpha value is -2.11. The summed E-state index contributed by atoms with van der Waals surface area (Å²) in [6.07, 6.45) is 3.93. The molecule has 0 saturated carbocycles. The lowest BCUT2D eigenvalue weighted by molar-refractivity contribution is -0.115. The highest BCUT2D eigenvalue weighted by Gasteiger charge is 2.23. The van der Waals surface area contributed by atoms with Gasteiger partial charge in [0.05, 0.1) is 10.6 Å². The molecule has 1 aliphatic rings. The van der Waals surface area contributed by atoms with Crippen LogP contribution in [0, 0.1) is 0 Å². The van der Waals surface area contributed by atoms with Crippen LogP contribution in [0.15, 0.2) is 80.6 Å². The van der Waals surface area contributed by atoms with Gasteiger partial charge in [-0.25, -0.2) is 4.99 Å². The van der Waals surface area contributed by atoms with Crippen LogP contribution in [-0.2, 0) is 4.79 Å². The van der Waals surface area contributed by atoms with Gasteiger partial charge in [-0.1, -0.05) is 58.4 Å². The van der Waals surface area contributed by atoms with Crippen molar-refractivity contribution in [2.45, 2.75) is 6.92 Å². The number of benzene rings is 2. The zero-order valence-corrected chi connectivity index (χ0v) is 15.4. The third-order valence-electron chi connectivity index (χ3n) is 3.24. The highest BCUT2D eigenvalue weighted by molar-refractivity contribution is 9.10. The zero-order valence-electron chi connectivity index (χ0n) is 13.0. The maximum Gasteiger partial charge on any atom is 0.264 e. The number of carbonyl (C=O) groups excluding carboxylic acids is 1. The largest absolute Gasteiger partial charge is 0.300 e. The topological polar surface area (TPSA) is 41.5 Å². The van der Waals surface area contributed by atoms with Gasteiger partial charge in [0.2, 0.25) is 0 Å². The van der Waals surface area contributed by atoms with Crippen LogP contribution in [0.2, 0.25) is 0 Å².